The molecule has 3 rings (SSSR count). The lowest BCUT2D eigenvalue weighted by Gasteiger charge is -2.33. The summed E-state index contributed by atoms with van der Waals surface area (Å²) >= 11 is 4.55. The van der Waals surface area contributed by atoms with Gasteiger partial charge in [0.25, 0.3) is 0 Å². The summed E-state index contributed by atoms with van der Waals surface area (Å²) in [4.78, 5) is 95.9. The fourth-order valence-electron chi connectivity index (χ4n) is 7.09. The molecule has 0 radical (unpaired) electrons. The lowest BCUT2D eigenvalue weighted by molar-refractivity contribution is -0.148. The Bertz CT molecular complexity index is 1510. The summed E-state index contributed by atoms with van der Waals surface area (Å²) < 4.78 is 0. The van der Waals surface area contributed by atoms with Crippen molar-refractivity contribution in [3.05, 3.63) is 35.9 Å². The number of amides is 6. The molecule has 306 valence electrons. The summed E-state index contributed by atoms with van der Waals surface area (Å²) in [5.41, 5.74) is 6.85. The van der Waals surface area contributed by atoms with E-state index in [1.165, 1.54) is 9.80 Å². The fourth-order valence-corrected chi connectivity index (χ4v) is 7.50. The molecule has 2 heterocycles. The largest absolute Gasteiger partial charge is 0.480 e. The van der Waals surface area contributed by atoms with E-state index < -0.39 is 89.5 Å². The van der Waals surface area contributed by atoms with E-state index in [9.17, 15) is 38.7 Å². The summed E-state index contributed by atoms with van der Waals surface area (Å²) in [7, 11) is 0. The molecule has 2 saturated heterocycles. The number of thiol groups is 1. The second-order valence-corrected chi connectivity index (χ2v) is 16.3. The van der Waals surface area contributed by atoms with Gasteiger partial charge in [-0.3, -0.25) is 28.8 Å². The number of likely N-dealkylation sites (tertiary alicyclic amines) is 2. The van der Waals surface area contributed by atoms with Gasteiger partial charge in [-0.15, -0.1) is 0 Å². The summed E-state index contributed by atoms with van der Waals surface area (Å²) in [6.45, 7) is 11.3. The molecular formula is C39H61N7O8S. The van der Waals surface area contributed by atoms with Gasteiger partial charge in [-0.1, -0.05) is 78.3 Å². The van der Waals surface area contributed by atoms with Crippen molar-refractivity contribution in [1.29, 1.82) is 0 Å². The van der Waals surface area contributed by atoms with Gasteiger partial charge < -0.3 is 41.9 Å². The number of benzene rings is 1. The van der Waals surface area contributed by atoms with Crippen molar-refractivity contribution in [3.63, 3.8) is 0 Å². The molecule has 2 aliphatic rings. The first-order chi connectivity index (χ1) is 25.9. The lowest BCUT2D eigenvalue weighted by atomic mass is 9.98. The topological polar surface area (TPSA) is 220 Å². The molecule has 0 aromatic heterocycles. The number of nitrogens with one attached hydrogen (secondary N) is 4. The number of nitrogens with zero attached hydrogens (tertiary/aromatic N) is 2. The van der Waals surface area contributed by atoms with Crippen LogP contribution in [0.2, 0.25) is 0 Å². The van der Waals surface area contributed by atoms with Crippen molar-refractivity contribution < 1.29 is 38.7 Å². The highest BCUT2D eigenvalue weighted by Crippen LogP contribution is 2.28. The predicted molar refractivity (Wildman–Crippen MR) is 211 cm³/mol. The van der Waals surface area contributed by atoms with Crippen LogP contribution in [0.3, 0.4) is 0 Å². The van der Waals surface area contributed by atoms with Gasteiger partial charge >= 0.3 is 5.97 Å². The maximum atomic E-state index is 13.9. The van der Waals surface area contributed by atoms with Crippen LogP contribution in [0.4, 0.5) is 0 Å². The normalized spacial score (nSPS) is 21.0. The first-order valence-corrected chi connectivity index (χ1v) is 20.0. The van der Waals surface area contributed by atoms with Crippen LogP contribution in [0, 0.1) is 17.8 Å². The van der Waals surface area contributed by atoms with E-state index in [1.807, 2.05) is 52.8 Å². The van der Waals surface area contributed by atoms with Crippen LogP contribution in [0.15, 0.2) is 30.3 Å². The van der Waals surface area contributed by atoms with Gasteiger partial charge in [-0.2, -0.15) is 12.6 Å². The van der Waals surface area contributed by atoms with Gasteiger partial charge in [-0.25, -0.2) is 4.79 Å². The minimum absolute atomic E-state index is 0.0304. The minimum Gasteiger partial charge on any atom is -0.480 e. The molecule has 0 aliphatic carbocycles. The van der Waals surface area contributed by atoms with E-state index in [4.69, 9.17) is 5.73 Å². The Morgan fingerprint density at radius 2 is 1.47 bits per heavy atom. The standard InChI is InChI=1S/C39H61N7O8S/c1-7-24(6)32(39(53)54)44-37(51)33-30(55)15-17-46(33)38(52)29-14-11-16-45(29)31(47)21-41-35(49)28(20-25-12-9-8-10-13-25)43-36(50)27(19-23(4)5)42-34(48)26(40)18-22(2)3/h8-10,12-13,22-24,26-30,32-33,55H,7,11,14-21,40H2,1-6H3,(H,41,49)(H,42,48)(H,43,50)(H,44,51)(H,53,54)/t24-,26-,27-,28-,29-,30+,32-,33+/m0/s1. The van der Waals surface area contributed by atoms with Crippen LogP contribution in [0.1, 0.15) is 85.6 Å². The molecule has 0 unspecified atom stereocenters. The number of carbonyl (C=O) groups is 7. The van der Waals surface area contributed by atoms with E-state index >= 15 is 0 Å². The molecule has 0 bridgehead atoms. The zero-order chi connectivity index (χ0) is 41.0. The Morgan fingerprint density at radius 1 is 0.836 bits per heavy atom. The molecule has 0 spiro atoms. The molecule has 7 N–H and O–H groups in total. The molecule has 0 saturated carbocycles. The number of rotatable bonds is 19. The highest BCUT2D eigenvalue weighted by molar-refractivity contribution is 7.81. The van der Waals surface area contributed by atoms with E-state index in [0.29, 0.717) is 38.5 Å². The Hall–Kier alpha value is -4.18. The predicted octanol–water partition coefficient (Wildman–Crippen LogP) is 1.24. The number of hydrogen-bond donors (Lipinski definition) is 7. The van der Waals surface area contributed by atoms with Crippen molar-refractivity contribution in [2.75, 3.05) is 19.6 Å². The minimum atomic E-state index is -1.17. The van der Waals surface area contributed by atoms with Gasteiger partial charge in [-0.05, 0) is 55.4 Å². The van der Waals surface area contributed by atoms with E-state index in [0.717, 1.165) is 5.56 Å². The van der Waals surface area contributed by atoms with Crippen LogP contribution >= 0.6 is 12.6 Å². The van der Waals surface area contributed by atoms with Crippen molar-refractivity contribution >= 4 is 54.0 Å². The third kappa shape index (κ3) is 12.9. The molecular weight excluding hydrogens is 727 g/mol. The number of hydrogen-bond acceptors (Lipinski definition) is 9. The zero-order valence-electron chi connectivity index (χ0n) is 33.0. The Morgan fingerprint density at radius 3 is 2.07 bits per heavy atom. The first kappa shape index (κ1) is 45.2. The second-order valence-electron chi connectivity index (χ2n) is 15.7. The molecule has 6 amide bonds. The Kier molecular flexibility index (Phi) is 17.4. The first-order valence-electron chi connectivity index (χ1n) is 19.4. The van der Waals surface area contributed by atoms with E-state index in [-0.39, 0.29) is 37.3 Å². The van der Waals surface area contributed by atoms with Gasteiger partial charge in [0.1, 0.15) is 30.2 Å². The van der Waals surface area contributed by atoms with Gasteiger partial charge in [0.15, 0.2) is 0 Å². The highest BCUT2D eigenvalue weighted by atomic mass is 32.1. The lowest BCUT2D eigenvalue weighted by Crippen LogP contribution is -2.58. The van der Waals surface area contributed by atoms with Crippen molar-refractivity contribution in [2.45, 2.75) is 128 Å². The van der Waals surface area contributed by atoms with Crippen LogP contribution in [0.5, 0.6) is 0 Å². The SMILES string of the molecule is CC[C@H](C)[C@H](NC(=O)[C@H]1[C@H](S)CCN1C(=O)[C@@H]1CCCN1C(=O)CNC(=O)[C@H](Cc1ccccc1)NC(=O)[C@H](CC(C)C)NC(=O)[C@@H](N)CC(C)C)C(=O)O. The van der Waals surface area contributed by atoms with E-state index in [2.05, 4.69) is 33.9 Å². The fraction of sp³-hybridized carbons (Fsp3) is 0.667. The monoisotopic (exact) mass is 787 g/mol. The van der Waals surface area contributed by atoms with E-state index in [1.54, 1.807) is 19.1 Å². The average molecular weight is 788 g/mol. The molecule has 55 heavy (non-hydrogen) atoms. The average Bonchev–Trinajstić information content (AvgIpc) is 3.78. The summed E-state index contributed by atoms with van der Waals surface area (Å²) in [6.07, 6.45) is 2.65. The Labute approximate surface area is 330 Å². The van der Waals surface area contributed by atoms with Crippen molar-refractivity contribution in [2.24, 2.45) is 23.5 Å². The number of carboxylic acids is 1. The number of carbonyl (C=O) groups excluding carboxylic acids is 6. The number of nitrogens with two attached hydrogens (primary N) is 1. The number of aliphatic carboxylic acids is 1. The van der Waals surface area contributed by atoms with Crippen molar-refractivity contribution in [1.82, 2.24) is 31.1 Å². The van der Waals surface area contributed by atoms with Crippen LogP contribution in [0.25, 0.3) is 0 Å². The maximum Gasteiger partial charge on any atom is 0.326 e. The zero-order valence-corrected chi connectivity index (χ0v) is 33.8. The summed E-state index contributed by atoms with van der Waals surface area (Å²) in [6, 6.07) is 3.17. The third-order valence-electron chi connectivity index (χ3n) is 10.3. The van der Waals surface area contributed by atoms with Crippen molar-refractivity contribution in [3.8, 4) is 0 Å². The molecule has 2 aliphatic heterocycles. The summed E-state index contributed by atoms with van der Waals surface area (Å²) in [5.74, 6) is -4.51. The van der Waals surface area contributed by atoms with Crippen LogP contribution in [-0.2, 0) is 40.0 Å². The molecule has 15 nitrogen and oxygen atoms in total. The van der Waals surface area contributed by atoms with Crippen LogP contribution < -0.4 is 27.0 Å². The molecule has 2 fully saturated rings. The molecule has 8 atom stereocenters. The van der Waals surface area contributed by atoms with Crippen LogP contribution in [-0.4, -0.2) is 117 Å². The maximum absolute atomic E-state index is 13.9. The molecule has 16 heteroatoms. The molecule has 1 aromatic rings. The van der Waals surface area contributed by atoms with Gasteiger partial charge in [0.05, 0.1) is 12.6 Å². The molecule has 1 aromatic carbocycles. The van der Waals surface area contributed by atoms with Gasteiger partial charge in [0, 0.05) is 24.8 Å². The second kappa shape index (κ2) is 21.2. The highest BCUT2D eigenvalue weighted by Gasteiger charge is 2.46. The third-order valence-corrected chi connectivity index (χ3v) is 10.8. The number of carboxylic acid groups (broad SMARTS) is 1. The quantitative estimate of drug-likeness (QED) is 0.100. The smallest absolute Gasteiger partial charge is 0.326 e. The van der Waals surface area contributed by atoms with Gasteiger partial charge in [0.2, 0.25) is 35.4 Å². The Balaban J connectivity index is 1.72. The summed E-state index contributed by atoms with van der Waals surface area (Å²) in [5, 5.41) is 20.0.